The minimum Gasteiger partial charge on any atom is -0.354 e. The van der Waals surface area contributed by atoms with Gasteiger partial charge in [-0.05, 0) is 6.07 Å². The molecule has 0 aliphatic rings. The summed E-state index contributed by atoms with van der Waals surface area (Å²) in [5.74, 6) is -3.81. The van der Waals surface area contributed by atoms with E-state index < -0.39 is 34.9 Å². The second kappa shape index (κ2) is 7.16. The molecule has 1 heterocycles. The molecular weight excluding hydrogens is 330 g/mol. The van der Waals surface area contributed by atoms with Gasteiger partial charge in [0.2, 0.25) is 10.0 Å². The summed E-state index contributed by atoms with van der Waals surface area (Å²) in [6, 6.07) is 1.10. The van der Waals surface area contributed by atoms with Crippen molar-refractivity contribution >= 4 is 28.3 Å². The highest BCUT2D eigenvalue weighted by Gasteiger charge is 2.30. The maximum atomic E-state index is 12.9. The number of carbonyl (C=O) groups is 1. The Labute approximate surface area is 127 Å². The number of sulfonamides is 1. The maximum absolute atomic E-state index is 12.9. The summed E-state index contributed by atoms with van der Waals surface area (Å²) in [5, 5.41) is 2.34. The molecule has 0 fully saturated rings. The first-order valence-electron chi connectivity index (χ1n) is 5.59. The zero-order valence-electron chi connectivity index (χ0n) is 11.4. The van der Waals surface area contributed by atoms with Crippen LogP contribution in [-0.2, 0) is 17.1 Å². The van der Waals surface area contributed by atoms with E-state index in [-0.39, 0.29) is 23.0 Å². The molecule has 0 saturated carbocycles. The van der Waals surface area contributed by atoms with Crippen molar-refractivity contribution in [3.63, 3.8) is 0 Å². The molecule has 11 heteroatoms. The molecule has 0 atom stereocenters. The Morgan fingerprint density at radius 1 is 1.48 bits per heavy atom. The van der Waals surface area contributed by atoms with E-state index in [9.17, 15) is 22.0 Å². The molecule has 7 nitrogen and oxygen atoms in total. The Bertz CT molecular complexity index is 603. The number of nitrogens with zero attached hydrogens (tertiary/aromatic N) is 1. The Hall–Kier alpha value is -1.23. The third-order valence-electron chi connectivity index (χ3n) is 2.57. The number of aromatic nitrogens is 1. The molecule has 0 saturated heterocycles. The molecule has 1 aromatic heterocycles. The first-order chi connectivity index (χ1) is 9.13. The summed E-state index contributed by atoms with van der Waals surface area (Å²) in [6.45, 7) is -2.07. The van der Waals surface area contributed by atoms with Gasteiger partial charge in [0.1, 0.15) is 10.6 Å². The van der Waals surface area contributed by atoms with Gasteiger partial charge < -0.3 is 15.6 Å². The van der Waals surface area contributed by atoms with Gasteiger partial charge in [-0.15, -0.1) is 12.4 Å². The topological polar surface area (TPSA) is 106 Å². The molecule has 0 radical (unpaired) electrons. The van der Waals surface area contributed by atoms with Crippen LogP contribution in [0.15, 0.2) is 17.2 Å². The van der Waals surface area contributed by atoms with Gasteiger partial charge in [0.25, 0.3) is 11.8 Å². The molecule has 1 amide bonds. The Kier molecular flexibility index (Phi) is 6.74. The smallest absolute Gasteiger partial charge is 0.273 e. The van der Waals surface area contributed by atoms with Crippen LogP contribution in [0.5, 0.6) is 0 Å². The maximum Gasteiger partial charge on any atom is 0.273 e. The molecule has 1 aromatic rings. The number of nitrogens with two attached hydrogens (primary N) is 1. The number of carbonyl (C=O) groups excluding carboxylic acids is 1. The molecule has 0 spiro atoms. The third kappa shape index (κ3) is 4.92. The van der Waals surface area contributed by atoms with Gasteiger partial charge in [0.15, 0.2) is 0 Å². The van der Waals surface area contributed by atoms with E-state index in [4.69, 9.17) is 5.73 Å². The van der Waals surface area contributed by atoms with Crippen LogP contribution in [0.4, 0.5) is 8.78 Å². The van der Waals surface area contributed by atoms with Crippen molar-refractivity contribution in [3.05, 3.63) is 18.0 Å². The Morgan fingerprint density at radius 3 is 2.52 bits per heavy atom. The van der Waals surface area contributed by atoms with Crippen molar-refractivity contribution < 1.29 is 22.0 Å². The number of alkyl halides is 2. The molecule has 0 bridgehead atoms. The molecule has 0 aliphatic carbocycles. The van der Waals surface area contributed by atoms with Crippen LogP contribution >= 0.6 is 12.4 Å². The second-order valence-corrected chi connectivity index (χ2v) is 5.90. The fourth-order valence-corrected chi connectivity index (χ4v) is 2.52. The van der Waals surface area contributed by atoms with Gasteiger partial charge in [-0.2, -0.15) is 0 Å². The van der Waals surface area contributed by atoms with Crippen molar-refractivity contribution in [2.75, 3.05) is 20.1 Å². The minimum atomic E-state index is -4.13. The van der Waals surface area contributed by atoms with Crippen molar-refractivity contribution in [2.24, 2.45) is 12.8 Å². The molecule has 21 heavy (non-hydrogen) atoms. The highest BCUT2D eigenvalue weighted by molar-refractivity contribution is 7.89. The van der Waals surface area contributed by atoms with Gasteiger partial charge in [0, 0.05) is 20.3 Å². The molecular formula is C10H17ClF2N4O3S. The van der Waals surface area contributed by atoms with E-state index in [1.165, 1.54) is 18.7 Å². The standard InChI is InChI=1S/C10H16F2N4O3S.ClH/c1-14-9(17)8-3-7(4-16(8)2)20(18,19)15-6-10(11,12)5-13;/h3-4,15H,5-6,13H2,1-2H3,(H,14,17);1H. The third-order valence-corrected chi connectivity index (χ3v) is 3.94. The SMILES string of the molecule is CNC(=O)c1cc(S(=O)(=O)NCC(F)(F)CN)cn1C.Cl. The molecule has 122 valence electrons. The van der Waals surface area contributed by atoms with Crippen molar-refractivity contribution in [1.29, 1.82) is 0 Å². The lowest BCUT2D eigenvalue weighted by Crippen LogP contribution is -2.41. The summed E-state index contributed by atoms with van der Waals surface area (Å²) in [7, 11) is -1.27. The van der Waals surface area contributed by atoms with Crippen molar-refractivity contribution in [1.82, 2.24) is 14.6 Å². The lowest BCUT2D eigenvalue weighted by molar-refractivity contribution is 0.0170. The zero-order chi connectivity index (χ0) is 15.6. The lowest BCUT2D eigenvalue weighted by atomic mass is 10.3. The van der Waals surface area contributed by atoms with E-state index in [1.807, 2.05) is 0 Å². The van der Waals surface area contributed by atoms with Crippen LogP contribution in [0.25, 0.3) is 0 Å². The monoisotopic (exact) mass is 346 g/mol. The number of amides is 1. The van der Waals surface area contributed by atoms with Gasteiger partial charge in [-0.1, -0.05) is 0 Å². The van der Waals surface area contributed by atoms with E-state index in [0.717, 1.165) is 12.3 Å². The van der Waals surface area contributed by atoms with E-state index in [2.05, 4.69) is 5.32 Å². The summed E-state index contributed by atoms with van der Waals surface area (Å²) in [4.78, 5) is 11.2. The van der Waals surface area contributed by atoms with E-state index >= 15 is 0 Å². The molecule has 4 N–H and O–H groups in total. The number of halogens is 3. The summed E-state index contributed by atoms with van der Waals surface area (Å²) in [5.41, 5.74) is 4.91. The van der Waals surface area contributed by atoms with Crippen LogP contribution in [0.1, 0.15) is 10.5 Å². The Morgan fingerprint density at radius 2 is 2.05 bits per heavy atom. The number of hydrogen-bond acceptors (Lipinski definition) is 4. The molecule has 0 aliphatic heterocycles. The average molecular weight is 347 g/mol. The quantitative estimate of drug-likeness (QED) is 0.656. The van der Waals surface area contributed by atoms with Crippen LogP contribution in [0.3, 0.4) is 0 Å². The van der Waals surface area contributed by atoms with Crippen molar-refractivity contribution in [2.45, 2.75) is 10.8 Å². The number of nitrogens with one attached hydrogen (secondary N) is 2. The van der Waals surface area contributed by atoms with Gasteiger partial charge in [-0.25, -0.2) is 21.9 Å². The lowest BCUT2D eigenvalue weighted by Gasteiger charge is -2.14. The van der Waals surface area contributed by atoms with Gasteiger partial charge in [0.05, 0.1) is 13.1 Å². The number of rotatable bonds is 6. The first kappa shape index (κ1) is 19.8. The van der Waals surface area contributed by atoms with E-state index in [1.54, 1.807) is 4.72 Å². The molecule has 1 rings (SSSR count). The molecule has 0 aromatic carbocycles. The number of hydrogen-bond donors (Lipinski definition) is 3. The molecule has 0 unspecified atom stereocenters. The van der Waals surface area contributed by atoms with Crippen LogP contribution in [0, 0.1) is 0 Å². The van der Waals surface area contributed by atoms with Crippen LogP contribution < -0.4 is 15.8 Å². The normalized spacial score (nSPS) is 11.9. The summed E-state index contributed by atoms with van der Waals surface area (Å²) in [6.07, 6.45) is 1.16. The van der Waals surface area contributed by atoms with Gasteiger partial charge in [-0.3, -0.25) is 4.79 Å². The van der Waals surface area contributed by atoms with Crippen molar-refractivity contribution in [3.8, 4) is 0 Å². The first-order valence-corrected chi connectivity index (χ1v) is 7.07. The van der Waals surface area contributed by atoms with Gasteiger partial charge >= 0.3 is 0 Å². The van der Waals surface area contributed by atoms with Crippen LogP contribution in [0.2, 0.25) is 0 Å². The van der Waals surface area contributed by atoms with E-state index in [0.29, 0.717) is 0 Å². The summed E-state index contributed by atoms with van der Waals surface area (Å²) >= 11 is 0. The zero-order valence-corrected chi connectivity index (χ0v) is 13.0. The number of aryl methyl sites for hydroxylation is 1. The Balaban J connectivity index is 0.00000400. The predicted molar refractivity (Wildman–Crippen MR) is 75.2 cm³/mol. The minimum absolute atomic E-state index is 0. The summed E-state index contributed by atoms with van der Waals surface area (Å²) < 4.78 is 52.6. The predicted octanol–water partition coefficient (Wildman–Crippen LogP) is -0.321. The fourth-order valence-electron chi connectivity index (χ4n) is 1.39. The second-order valence-electron chi connectivity index (χ2n) is 4.14. The van der Waals surface area contributed by atoms with Crippen LogP contribution in [-0.4, -0.2) is 45.0 Å². The highest BCUT2D eigenvalue weighted by Crippen LogP contribution is 2.15. The highest BCUT2D eigenvalue weighted by atomic mass is 35.5. The fraction of sp³-hybridized carbons (Fsp3) is 0.500. The largest absolute Gasteiger partial charge is 0.354 e. The average Bonchev–Trinajstić information content (AvgIpc) is 2.79.